The van der Waals surface area contributed by atoms with E-state index in [1.165, 1.54) is 22.4 Å². The highest BCUT2D eigenvalue weighted by atomic mass is 15.0. The molecule has 3 aromatic rings. The van der Waals surface area contributed by atoms with Crippen LogP contribution in [0.5, 0.6) is 0 Å². The molecule has 0 atom stereocenters. The lowest BCUT2D eigenvalue weighted by molar-refractivity contribution is 0.799. The normalized spacial score (nSPS) is 11.2. The summed E-state index contributed by atoms with van der Waals surface area (Å²) in [6.45, 7) is 7.22. The highest BCUT2D eigenvalue weighted by Crippen LogP contribution is 2.29. The molecule has 3 rings (SSSR count). The number of anilines is 1. The van der Waals surface area contributed by atoms with Gasteiger partial charge in [-0.1, -0.05) is 29.8 Å². The van der Waals surface area contributed by atoms with E-state index in [0.717, 1.165) is 23.1 Å². The van der Waals surface area contributed by atoms with Gasteiger partial charge in [0.1, 0.15) is 0 Å². The molecule has 1 aromatic carbocycles. The summed E-state index contributed by atoms with van der Waals surface area (Å²) in [5.74, 6) is 0. The number of nitrogens with zero attached hydrogens (tertiary/aromatic N) is 2. The molecule has 2 heterocycles. The van der Waals surface area contributed by atoms with Gasteiger partial charge in [0.15, 0.2) is 0 Å². The zero-order chi connectivity index (χ0) is 14.3. The molecule has 0 fully saturated rings. The minimum Gasteiger partial charge on any atom is -0.397 e. The third kappa shape index (κ3) is 1.95. The lowest BCUT2D eigenvalue weighted by Gasteiger charge is -2.09. The molecular weight excluding hydrogens is 246 g/mol. The molecule has 0 unspecified atom stereocenters. The minimum atomic E-state index is 0.755. The summed E-state index contributed by atoms with van der Waals surface area (Å²) in [5.41, 5.74) is 13.0. The smallest absolute Gasteiger partial charge is 0.0695 e. The molecule has 2 aromatic heterocycles. The number of aromatic nitrogens is 2. The first-order valence-corrected chi connectivity index (χ1v) is 6.82. The van der Waals surface area contributed by atoms with E-state index in [1.807, 2.05) is 6.20 Å². The van der Waals surface area contributed by atoms with Crippen LogP contribution in [0, 0.1) is 20.8 Å². The van der Waals surface area contributed by atoms with Gasteiger partial charge in [-0.2, -0.15) is 0 Å². The number of aryl methyl sites for hydroxylation is 2. The Bertz CT molecular complexity index is 767. The van der Waals surface area contributed by atoms with Gasteiger partial charge in [0, 0.05) is 17.6 Å². The summed E-state index contributed by atoms with van der Waals surface area (Å²) in [5, 5.41) is 1.13. The van der Waals surface area contributed by atoms with Crippen LogP contribution in [0.3, 0.4) is 0 Å². The molecule has 3 nitrogen and oxygen atoms in total. The largest absolute Gasteiger partial charge is 0.397 e. The Balaban J connectivity index is 2.14. The second-order valence-electron chi connectivity index (χ2n) is 5.41. The van der Waals surface area contributed by atoms with Crippen LogP contribution in [0.1, 0.15) is 22.4 Å². The molecule has 3 heteroatoms. The van der Waals surface area contributed by atoms with Crippen LogP contribution in [0.2, 0.25) is 0 Å². The maximum absolute atomic E-state index is 6.08. The van der Waals surface area contributed by atoms with Crippen molar-refractivity contribution in [3.05, 3.63) is 59.0 Å². The van der Waals surface area contributed by atoms with Crippen molar-refractivity contribution in [1.29, 1.82) is 0 Å². The SMILES string of the molecule is Cc1ccc(Cn2c(C)c(C)c3c(N)cncc32)cc1. The molecule has 0 bridgehead atoms. The van der Waals surface area contributed by atoms with Crippen LogP contribution < -0.4 is 5.73 Å². The maximum Gasteiger partial charge on any atom is 0.0695 e. The van der Waals surface area contributed by atoms with Crippen molar-refractivity contribution in [2.45, 2.75) is 27.3 Å². The number of hydrogen-bond acceptors (Lipinski definition) is 2. The van der Waals surface area contributed by atoms with Crippen molar-refractivity contribution in [3.8, 4) is 0 Å². The molecule has 102 valence electrons. The van der Waals surface area contributed by atoms with Gasteiger partial charge in [0.25, 0.3) is 0 Å². The van der Waals surface area contributed by atoms with Crippen molar-refractivity contribution >= 4 is 16.6 Å². The van der Waals surface area contributed by atoms with E-state index in [0.29, 0.717) is 0 Å². The number of pyridine rings is 1. The highest BCUT2D eigenvalue weighted by molar-refractivity contribution is 5.94. The van der Waals surface area contributed by atoms with Crippen LogP contribution in [0.4, 0.5) is 5.69 Å². The van der Waals surface area contributed by atoms with Crippen LogP contribution >= 0.6 is 0 Å². The van der Waals surface area contributed by atoms with Crippen molar-refractivity contribution in [3.63, 3.8) is 0 Å². The average molecular weight is 265 g/mol. The van der Waals surface area contributed by atoms with Crippen LogP contribution in [0.25, 0.3) is 10.9 Å². The van der Waals surface area contributed by atoms with Gasteiger partial charge < -0.3 is 10.3 Å². The van der Waals surface area contributed by atoms with E-state index in [4.69, 9.17) is 5.73 Å². The Hall–Kier alpha value is -2.29. The quantitative estimate of drug-likeness (QED) is 0.769. The molecule has 2 N–H and O–H groups in total. The standard InChI is InChI=1S/C17H19N3/c1-11-4-6-14(7-5-11)10-20-13(3)12(2)17-15(18)8-19-9-16(17)20/h4-9H,10,18H2,1-3H3. The van der Waals surface area contributed by atoms with Gasteiger partial charge in [0.2, 0.25) is 0 Å². The molecule has 0 spiro atoms. The third-order valence-electron chi connectivity index (χ3n) is 4.03. The molecule has 20 heavy (non-hydrogen) atoms. The fraction of sp³-hybridized carbons (Fsp3) is 0.235. The Morgan fingerprint density at radius 1 is 1.05 bits per heavy atom. The number of fused-ring (bicyclic) bond motifs is 1. The van der Waals surface area contributed by atoms with Gasteiger partial charge >= 0.3 is 0 Å². The Kier molecular flexibility index (Phi) is 2.97. The predicted molar refractivity (Wildman–Crippen MR) is 83.9 cm³/mol. The summed E-state index contributed by atoms with van der Waals surface area (Å²) >= 11 is 0. The lowest BCUT2D eigenvalue weighted by Crippen LogP contribution is -2.02. The predicted octanol–water partition coefficient (Wildman–Crippen LogP) is 3.59. The van der Waals surface area contributed by atoms with Crippen LogP contribution in [-0.2, 0) is 6.54 Å². The van der Waals surface area contributed by atoms with Crippen LogP contribution in [0.15, 0.2) is 36.7 Å². The first-order valence-electron chi connectivity index (χ1n) is 6.82. The monoisotopic (exact) mass is 265 g/mol. The summed E-state index contributed by atoms with van der Waals surface area (Å²) in [6.07, 6.45) is 3.63. The summed E-state index contributed by atoms with van der Waals surface area (Å²) < 4.78 is 2.29. The first kappa shape index (κ1) is 12.7. The molecule has 0 amide bonds. The van der Waals surface area contributed by atoms with Gasteiger partial charge in [-0.25, -0.2) is 0 Å². The zero-order valence-corrected chi connectivity index (χ0v) is 12.1. The third-order valence-corrected chi connectivity index (χ3v) is 4.03. The van der Waals surface area contributed by atoms with E-state index in [2.05, 4.69) is 54.6 Å². The summed E-state index contributed by atoms with van der Waals surface area (Å²) in [6, 6.07) is 8.65. The maximum atomic E-state index is 6.08. The van der Waals surface area contributed by atoms with Gasteiger partial charge in [-0.3, -0.25) is 4.98 Å². The first-order chi connectivity index (χ1) is 9.58. The van der Waals surface area contributed by atoms with E-state index >= 15 is 0 Å². The van der Waals surface area contributed by atoms with Gasteiger partial charge in [-0.05, 0) is 31.9 Å². The molecule has 0 aliphatic heterocycles. The number of nitrogens with two attached hydrogens (primary N) is 1. The van der Waals surface area contributed by atoms with Gasteiger partial charge in [0.05, 0.1) is 23.6 Å². The van der Waals surface area contributed by atoms with Crippen molar-refractivity contribution in [2.75, 3.05) is 5.73 Å². The van der Waals surface area contributed by atoms with Crippen molar-refractivity contribution in [1.82, 2.24) is 9.55 Å². The topological polar surface area (TPSA) is 43.8 Å². The van der Waals surface area contributed by atoms with Crippen LogP contribution in [-0.4, -0.2) is 9.55 Å². The average Bonchev–Trinajstić information content (AvgIpc) is 2.67. The Morgan fingerprint density at radius 2 is 1.75 bits per heavy atom. The summed E-state index contributed by atoms with van der Waals surface area (Å²) in [4.78, 5) is 4.24. The Morgan fingerprint density at radius 3 is 2.45 bits per heavy atom. The van der Waals surface area contributed by atoms with Crippen molar-refractivity contribution < 1.29 is 0 Å². The van der Waals surface area contributed by atoms with E-state index < -0.39 is 0 Å². The molecule has 0 aliphatic rings. The second-order valence-corrected chi connectivity index (χ2v) is 5.41. The zero-order valence-electron chi connectivity index (χ0n) is 12.1. The Labute approximate surface area is 119 Å². The number of hydrogen-bond donors (Lipinski definition) is 1. The minimum absolute atomic E-state index is 0.755. The second kappa shape index (κ2) is 4.67. The highest BCUT2D eigenvalue weighted by Gasteiger charge is 2.13. The molecule has 0 aliphatic carbocycles. The van der Waals surface area contributed by atoms with E-state index in [9.17, 15) is 0 Å². The van der Waals surface area contributed by atoms with E-state index in [-0.39, 0.29) is 0 Å². The van der Waals surface area contributed by atoms with E-state index in [1.54, 1.807) is 6.20 Å². The number of nitrogen functional groups attached to an aromatic ring is 1. The van der Waals surface area contributed by atoms with Gasteiger partial charge in [-0.15, -0.1) is 0 Å². The molecule has 0 saturated heterocycles. The molecule has 0 radical (unpaired) electrons. The fourth-order valence-corrected chi connectivity index (χ4v) is 2.72. The molecular formula is C17H19N3. The lowest BCUT2D eigenvalue weighted by atomic mass is 10.1. The molecule has 0 saturated carbocycles. The number of benzene rings is 1. The fourth-order valence-electron chi connectivity index (χ4n) is 2.72. The van der Waals surface area contributed by atoms with Crippen molar-refractivity contribution in [2.24, 2.45) is 0 Å². The summed E-state index contributed by atoms with van der Waals surface area (Å²) in [7, 11) is 0. The number of rotatable bonds is 2.